The molecule has 0 amide bonds. The Balaban J connectivity index is 1.51. The fourth-order valence-electron chi connectivity index (χ4n) is 5.37. The van der Waals surface area contributed by atoms with Crippen LogP contribution < -0.4 is 0 Å². The molecule has 0 nitrogen and oxygen atoms in total. The second-order valence-electron chi connectivity index (χ2n) is 8.45. The molecular formula is C30H20S. The highest BCUT2D eigenvalue weighted by molar-refractivity contribution is 8.00. The predicted molar refractivity (Wildman–Crippen MR) is 135 cm³/mol. The van der Waals surface area contributed by atoms with Gasteiger partial charge >= 0.3 is 0 Å². The standard InChI is InChI=1S/C30H20S/c1-2-10-23-21(8-1)22-9-3-4-11-24(22)28-18-19(16-17-25(23)28)20-13-7-14-27-26-12-5-6-15-29(26)31-30(20)27/h1-18,26,29H. The van der Waals surface area contributed by atoms with Gasteiger partial charge in [0.05, 0.1) is 0 Å². The van der Waals surface area contributed by atoms with Gasteiger partial charge in [-0.15, -0.1) is 11.8 Å². The first-order chi connectivity index (χ1) is 15.4. The fourth-order valence-corrected chi connectivity index (χ4v) is 6.85. The Morgan fingerprint density at radius 2 is 1.19 bits per heavy atom. The molecule has 0 radical (unpaired) electrons. The largest absolute Gasteiger partial charge is 0.117 e. The van der Waals surface area contributed by atoms with Crippen LogP contribution in [0.3, 0.4) is 0 Å². The van der Waals surface area contributed by atoms with Crippen molar-refractivity contribution in [3.63, 3.8) is 0 Å². The zero-order valence-electron chi connectivity index (χ0n) is 17.0. The van der Waals surface area contributed by atoms with Crippen molar-refractivity contribution in [1.29, 1.82) is 0 Å². The molecule has 2 unspecified atom stereocenters. The van der Waals surface area contributed by atoms with E-state index in [1.807, 2.05) is 11.8 Å². The lowest BCUT2D eigenvalue weighted by Crippen LogP contribution is -2.06. The molecule has 0 aromatic heterocycles. The third kappa shape index (κ3) is 2.50. The van der Waals surface area contributed by atoms with Gasteiger partial charge in [0.1, 0.15) is 0 Å². The van der Waals surface area contributed by atoms with E-state index in [0.29, 0.717) is 11.2 Å². The first-order valence-electron chi connectivity index (χ1n) is 10.9. The molecule has 1 aliphatic carbocycles. The van der Waals surface area contributed by atoms with E-state index in [2.05, 4.69) is 109 Å². The van der Waals surface area contributed by atoms with E-state index in [9.17, 15) is 0 Å². The minimum Gasteiger partial charge on any atom is -0.117 e. The summed E-state index contributed by atoms with van der Waals surface area (Å²) in [6.45, 7) is 0. The second kappa shape index (κ2) is 6.60. The monoisotopic (exact) mass is 412 g/mol. The van der Waals surface area contributed by atoms with Crippen molar-refractivity contribution in [2.24, 2.45) is 0 Å². The first-order valence-corrected chi connectivity index (χ1v) is 11.7. The van der Waals surface area contributed by atoms with E-state index < -0.39 is 0 Å². The molecule has 31 heavy (non-hydrogen) atoms. The summed E-state index contributed by atoms with van der Waals surface area (Å²) in [4.78, 5) is 1.44. The van der Waals surface area contributed by atoms with E-state index >= 15 is 0 Å². The summed E-state index contributed by atoms with van der Waals surface area (Å²) in [6.07, 6.45) is 9.08. The van der Waals surface area contributed by atoms with Crippen LogP contribution in [0, 0.1) is 0 Å². The molecular weight excluding hydrogens is 392 g/mol. The van der Waals surface area contributed by atoms with E-state index in [1.165, 1.54) is 53.9 Å². The van der Waals surface area contributed by atoms with Crippen LogP contribution in [-0.2, 0) is 0 Å². The summed E-state index contributed by atoms with van der Waals surface area (Å²) < 4.78 is 0. The van der Waals surface area contributed by atoms with Gasteiger partial charge in [-0.2, -0.15) is 0 Å². The van der Waals surface area contributed by atoms with Crippen molar-refractivity contribution in [3.8, 4) is 11.1 Å². The third-order valence-electron chi connectivity index (χ3n) is 6.80. The molecule has 1 aliphatic heterocycles. The third-order valence-corrected chi connectivity index (χ3v) is 8.21. The summed E-state index contributed by atoms with van der Waals surface area (Å²) in [5.41, 5.74) is 4.14. The number of hydrogen-bond acceptors (Lipinski definition) is 1. The highest BCUT2D eigenvalue weighted by atomic mass is 32.2. The van der Waals surface area contributed by atoms with Crippen LogP contribution in [0.5, 0.6) is 0 Å². The summed E-state index contributed by atoms with van der Waals surface area (Å²) in [5.74, 6) is 0.496. The van der Waals surface area contributed by atoms with Crippen LogP contribution in [0.2, 0.25) is 0 Å². The second-order valence-corrected chi connectivity index (χ2v) is 9.64. The SMILES string of the molecule is C1=CC2Sc3c(-c4ccc5c6ccccc6c6ccccc6c5c4)cccc3C2C=C1. The molecule has 0 saturated carbocycles. The van der Waals surface area contributed by atoms with Crippen molar-refractivity contribution in [1.82, 2.24) is 0 Å². The normalized spacial score (nSPS) is 19.2. The average Bonchev–Trinajstić information content (AvgIpc) is 3.23. The molecule has 5 aromatic carbocycles. The Bertz CT molecular complexity index is 1540. The lowest BCUT2D eigenvalue weighted by atomic mass is 9.89. The van der Waals surface area contributed by atoms with Gasteiger partial charge in [-0.3, -0.25) is 0 Å². The van der Waals surface area contributed by atoms with Crippen molar-refractivity contribution in [2.45, 2.75) is 16.1 Å². The molecule has 2 aliphatic rings. The first kappa shape index (κ1) is 17.4. The number of allylic oxidation sites excluding steroid dienone is 3. The maximum atomic E-state index is 2.41. The molecule has 0 saturated heterocycles. The maximum absolute atomic E-state index is 2.41. The van der Waals surface area contributed by atoms with Crippen LogP contribution in [0.4, 0.5) is 0 Å². The quantitative estimate of drug-likeness (QED) is 0.249. The Morgan fingerprint density at radius 1 is 0.548 bits per heavy atom. The number of fused-ring (bicyclic) bond motifs is 9. The summed E-state index contributed by atoms with van der Waals surface area (Å²) in [6, 6.07) is 31.5. The predicted octanol–water partition coefficient (Wildman–Crippen LogP) is 8.50. The van der Waals surface area contributed by atoms with Crippen molar-refractivity contribution >= 4 is 44.1 Å². The van der Waals surface area contributed by atoms with Gasteiger partial charge in [-0.25, -0.2) is 0 Å². The Kier molecular flexibility index (Phi) is 3.71. The smallest absolute Gasteiger partial charge is 0.0381 e. The lowest BCUT2D eigenvalue weighted by Gasteiger charge is -2.14. The number of thioether (sulfide) groups is 1. The van der Waals surface area contributed by atoms with Crippen LogP contribution in [0.25, 0.3) is 43.4 Å². The van der Waals surface area contributed by atoms with E-state index in [1.54, 1.807) is 0 Å². The highest BCUT2D eigenvalue weighted by Gasteiger charge is 2.32. The van der Waals surface area contributed by atoms with E-state index in [-0.39, 0.29) is 0 Å². The zero-order chi connectivity index (χ0) is 20.4. The van der Waals surface area contributed by atoms with Crippen LogP contribution >= 0.6 is 11.8 Å². The van der Waals surface area contributed by atoms with Crippen LogP contribution in [-0.4, -0.2) is 5.25 Å². The topological polar surface area (TPSA) is 0 Å². The van der Waals surface area contributed by atoms with Crippen molar-refractivity contribution in [3.05, 3.63) is 115 Å². The lowest BCUT2D eigenvalue weighted by molar-refractivity contribution is 0.881. The van der Waals surface area contributed by atoms with Gasteiger partial charge in [-0.05, 0) is 55.1 Å². The maximum Gasteiger partial charge on any atom is 0.0381 e. The average molecular weight is 413 g/mol. The molecule has 1 heteroatoms. The minimum atomic E-state index is 0.496. The fraction of sp³-hybridized carbons (Fsp3) is 0.0667. The molecule has 0 bridgehead atoms. The molecule has 7 rings (SSSR count). The Hall–Kier alpha value is -3.29. The summed E-state index contributed by atoms with van der Waals surface area (Å²) in [7, 11) is 0. The molecule has 0 N–H and O–H groups in total. The van der Waals surface area contributed by atoms with Gasteiger partial charge in [0, 0.05) is 16.1 Å². The van der Waals surface area contributed by atoms with Gasteiger partial charge in [-0.1, -0.05) is 103 Å². The summed E-state index contributed by atoms with van der Waals surface area (Å²) in [5, 5.41) is 8.51. The number of rotatable bonds is 1. The van der Waals surface area contributed by atoms with E-state index in [4.69, 9.17) is 0 Å². The minimum absolute atomic E-state index is 0.496. The van der Waals surface area contributed by atoms with Gasteiger partial charge < -0.3 is 0 Å². The van der Waals surface area contributed by atoms with Gasteiger partial charge in [0.2, 0.25) is 0 Å². The summed E-state index contributed by atoms with van der Waals surface area (Å²) >= 11 is 2.02. The zero-order valence-corrected chi connectivity index (χ0v) is 17.8. The Morgan fingerprint density at radius 3 is 1.94 bits per heavy atom. The number of benzene rings is 5. The van der Waals surface area contributed by atoms with Gasteiger partial charge in [0.15, 0.2) is 0 Å². The number of hydrogen-bond donors (Lipinski definition) is 0. The highest BCUT2D eigenvalue weighted by Crippen LogP contribution is 2.52. The van der Waals surface area contributed by atoms with Gasteiger partial charge in [0.25, 0.3) is 0 Å². The van der Waals surface area contributed by atoms with E-state index in [0.717, 1.165) is 0 Å². The molecule has 146 valence electrons. The van der Waals surface area contributed by atoms with Crippen molar-refractivity contribution in [2.75, 3.05) is 0 Å². The molecule has 0 fully saturated rings. The molecule has 2 atom stereocenters. The molecule has 5 aromatic rings. The van der Waals surface area contributed by atoms with Crippen LogP contribution in [0.1, 0.15) is 11.5 Å². The Labute approximate surface area is 185 Å². The van der Waals surface area contributed by atoms with Crippen LogP contribution in [0.15, 0.2) is 114 Å². The van der Waals surface area contributed by atoms with Crippen molar-refractivity contribution < 1.29 is 0 Å². The molecule has 1 heterocycles. The molecule has 0 spiro atoms.